The fraction of sp³-hybridized carbons (Fsp3) is 0.458. The van der Waals surface area contributed by atoms with Gasteiger partial charge in [0, 0.05) is 24.7 Å². The first-order valence-corrected chi connectivity index (χ1v) is 11.0. The van der Waals surface area contributed by atoms with Gasteiger partial charge in [-0.25, -0.2) is 4.90 Å². The molecular formula is C24H27N3O3. The molecule has 156 valence electrons. The number of amides is 3. The summed E-state index contributed by atoms with van der Waals surface area (Å²) >= 11 is 0. The minimum absolute atomic E-state index is 0.0434. The van der Waals surface area contributed by atoms with E-state index in [1.807, 2.05) is 17.1 Å². The van der Waals surface area contributed by atoms with Crippen molar-refractivity contribution in [2.45, 2.75) is 31.7 Å². The Kier molecular flexibility index (Phi) is 5.03. The Morgan fingerprint density at radius 1 is 0.867 bits per heavy atom. The molecule has 30 heavy (non-hydrogen) atoms. The Morgan fingerprint density at radius 2 is 1.50 bits per heavy atom. The topological polar surface area (TPSA) is 60.9 Å². The summed E-state index contributed by atoms with van der Waals surface area (Å²) in [6.45, 7) is 4.03. The van der Waals surface area contributed by atoms with Gasteiger partial charge in [-0.2, -0.15) is 0 Å². The molecule has 1 aliphatic carbocycles. The van der Waals surface area contributed by atoms with Crippen molar-refractivity contribution in [2.24, 2.45) is 11.8 Å². The number of benzene rings is 1. The number of carbonyl (C=O) groups excluding carboxylic acids is 3. The summed E-state index contributed by atoms with van der Waals surface area (Å²) in [5.41, 5.74) is 1.15. The van der Waals surface area contributed by atoms with Crippen LogP contribution < -0.4 is 4.90 Å². The molecule has 3 amide bonds. The molecule has 0 N–H and O–H groups in total. The van der Waals surface area contributed by atoms with Crippen LogP contribution in [0.4, 0.5) is 5.69 Å². The molecule has 0 aromatic heterocycles. The van der Waals surface area contributed by atoms with E-state index < -0.39 is 11.8 Å². The van der Waals surface area contributed by atoms with Crippen LogP contribution in [0.15, 0.2) is 48.6 Å². The number of allylic oxidation sites excluding steroid dienone is 2. The van der Waals surface area contributed by atoms with Crippen molar-refractivity contribution >= 4 is 23.4 Å². The largest absolute Gasteiger partial charge is 0.334 e. The summed E-state index contributed by atoms with van der Waals surface area (Å²) in [5, 5.41) is 0. The van der Waals surface area contributed by atoms with E-state index in [9.17, 15) is 14.4 Å². The molecule has 4 aliphatic rings. The highest BCUT2D eigenvalue weighted by atomic mass is 16.2. The zero-order valence-corrected chi connectivity index (χ0v) is 17.1. The summed E-state index contributed by atoms with van der Waals surface area (Å²) in [7, 11) is 0. The second-order valence-corrected chi connectivity index (χ2v) is 8.68. The van der Waals surface area contributed by atoms with Gasteiger partial charge in [0.05, 0.1) is 17.5 Å². The summed E-state index contributed by atoms with van der Waals surface area (Å²) in [4.78, 5) is 44.3. The first-order valence-electron chi connectivity index (χ1n) is 11.0. The van der Waals surface area contributed by atoms with Crippen molar-refractivity contribution < 1.29 is 14.4 Å². The molecule has 2 unspecified atom stereocenters. The lowest BCUT2D eigenvalue weighted by molar-refractivity contribution is -0.122. The minimum atomic E-state index is -0.417. The van der Waals surface area contributed by atoms with Crippen LogP contribution in [0.2, 0.25) is 0 Å². The number of likely N-dealkylation sites (tertiary alicyclic amines) is 2. The highest BCUT2D eigenvalue weighted by molar-refractivity contribution is 6.23. The summed E-state index contributed by atoms with van der Waals surface area (Å²) < 4.78 is 0. The lowest BCUT2D eigenvalue weighted by atomic mass is 9.91. The predicted octanol–water partition coefficient (Wildman–Crippen LogP) is 2.62. The molecule has 3 aliphatic heterocycles. The van der Waals surface area contributed by atoms with Crippen LogP contribution in [0.3, 0.4) is 0 Å². The summed E-state index contributed by atoms with van der Waals surface area (Å²) in [5.74, 6) is -1.19. The van der Waals surface area contributed by atoms with Gasteiger partial charge < -0.3 is 9.80 Å². The first-order chi connectivity index (χ1) is 14.6. The van der Waals surface area contributed by atoms with Gasteiger partial charge in [0.15, 0.2) is 0 Å². The lowest BCUT2D eigenvalue weighted by Gasteiger charge is -2.28. The second kappa shape index (κ2) is 7.84. The van der Waals surface area contributed by atoms with Crippen molar-refractivity contribution in [3.63, 3.8) is 0 Å². The molecule has 3 heterocycles. The van der Waals surface area contributed by atoms with Gasteiger partial charge in [0.1, 0.15) is 0 Å². The van der Waals surface area contributed by atoms with Crippen LogP contribution in [0, 0.1) is 11.8 Å². The fourth-order valence-corrected chi connectivity index (χ4v) is 5.22. The Hall–Kier alpha value is -2.73. The smallest absolute Gasteiger partial charge is 0.254 e. The van der Waals surface area contributed by atoms with Gasteiger partial charge in [0.2, 0.25) is 11.8 Å². The standard InChI is InChI=1S/C24H27N3O3/c28-22(26-15-5-6-19(26)16-25-13-3-4-14-25)17-9-11-18(12-10-17)27-23(29)20-7-1-2-8-21(20)24(27)30/h1-2,7-12,19-21H,3-6,13-16H2/t19-,20?,21?/m0/s1. The molecule has 3 atom stereocenters. The van der Waals surface area contributed by atoms with Crippen LogP contribution in [0.1, 0.15) is 36.0 Å². The third-order valence-electron chi connectivity index (χ3n) is 6.82. The SMILES string of the molecule is O=C1C2C=CC=CC2C(=O)N1c1ccc(C(=O)N2CCC[C@H]2CN2CCCC2)cc1. The molecule has 5 rings (SSSR count). The lowest BCUT2D eigenvalue weighted by Crippen LogP contribution is -2.42. The number of fused-ring (bicyclic) bond motifs is 1. The van der Waals surface area contributed by atoms with Gasteiger partial charge in [-0.05, 0) is 63.0 Å². The van der Waals surface area contributed by atoms with Gasteiger partial charge >= 0.3 is 0 Å². The molecular weight excluding hydrogens is 378 g/mol. The van der Waals surface area contributed by atoms with E-state index in [0.717, 1.165) is 39.0 Å². The Morgan fingerprint density at radius 3 is 2.13 bits per heavy atom. The number of nitrogens with zero attached hydrogens (tertiary/aromatic N) is 3. The molecule has 0 saturated carbocycles. The Bertz CT molecular complexity index is 884. The van der Waals surface area contributed by atoms with E-state index in [4.69, 9.17) is 0 Å². The number of rotatable bonds is 4. The van der Waals surface area contributed by atoms with Crippen molar-refractivity contribution in [3.8, 4) is 0 Å². The van der Waals surface area contributed by atoms with Gasteiger partial charge in [-0.15, -0.1) is 0 Å². The molecule has 0 bridgehead atoms. The van der Waals surface area contributed by atoms with Crippen LogP contribution >= 0.6 is 0 Å². The van der Waals surface area contributed by atoms with Crippen molar-refractivity contribution in [1.29, 1.82) is 0 Å². The molecule has 0 radical (unpaired) electrons. The van der Waals surface area contributed by atoms with Gasteiger partial charge in [0.25, 0.3) is 5.91 Å². The Balaban J connectivity index is 1.30. The average Bonchev–Trinajstić information content (AvgIpc) is 3.50. The van der Waals surface area contributed by atoms with Crippen LogP contribution in [0.5, 0.6) is 0 Å². The van der Waals surface area contributed by atoms with E-state index in [-0.39, 0.29) is 23.8 Å². The number of hydrogen-bond acceptors (Lipinski definition) is 4. The fourth-order valence-electron chi connectivity index (χ4n) is 5.22. The number of carbonyl (C=O) groups is 3. The van der Waals surface area contributed by atoms with Gasteiger partial charge in [-0.3, -0.25) is 14.4 Å². The first kappa shape index (κ1) is 19.2. The molecule has 1 aromatic carbocycles. The predicted molar refractivity (Wildman–Crippen MR) is 114 cm³/mol. The second-order valence-electron chi connectivity index (χ2n) is 8.68. The third-order valence-corrected chi connectivity index (χ3v) is 6.82. The molecule has 3 saturated heterocycles. The zero-order chi connectivity index (χ0) is 20.7. The maximum atomic E-state index is 13.1. The molecule has 3 fully saturated rings. The average molecular weight is 405 g/mol. The maximum Gasteiger partial charge on any atom is 0.254 e. The molecule has 6 heteroatoms. The summed E-state index contributed by atoms with van der Waals surface area (Å²) in [6, 6.07) is 7.21. The quantitative estimate of drug-likeness (QED) is 0.723. The highest BCUT2D eigenvalue weighted by Crippen LogP contribution is 2.34. The van der Waals surface area contributed by atoms with Crippen molar-refractivity contribution in [2.75, 3.05) is 31.1 Å². The molecule has 1 aromatic rings. The van der Waals surface area contributed by atoms with Crippen molar-refractivity contribution in [3.05, 3.63) is 54.1 Å². The van der Waals surface area contributed by atoms with Crippen LogP contribution in [0.25, 0.3) is 0 Å². The maximum absolute atomic E-state index is 13.1. The van der Waals surface area contributed by atoms with Crippen LogP contribution in [-0.4, -0.2) is 59.7 Å². The highest BCUT2D eigenvalue weighted by Gasteiger charge is 2.46. The van der Waals surface area contributed by atoms with E-state index in [0.29, 0.717) is 11.3 Å². The third kappa shape index (κ3) is 3.29. The zero-order valence-electron chi connectivity index (χ0n) is 17.1. The summed E-state index contributed by atoms with van der Waals surface area (Å²) in [6.07, 6.45) is 11.8. The van der Waals surface area contributed by atoms with E-state index in [1.165, 1.54) is 17.7 Å². The molecule has 6 nitrogen and oxygen atoms in total. The number of hydrogen-bond donors (Lipinski definition) is 0. The minimum Gasteiger partial charge on any atom is -0.334 e. The molecule has 0 spiro atoms. The van der Waals surface area contributed by atoms with E-state index in [2.05, 4.69) is 4.90 Å². The van der Waals surface area contributed by atoms with E-state index in [1.54, 1.807) is 36.4 Å². The van der Waals surface area contributed by atoms with E-state index >= 15 is 0 Å². The van der Waals surface area contributed by atoms with Crippen molar-refractivity contribution in [1.82, 2.24) is 9.80 Å². The van der Waals surface area contributed by atoms with Gasteiger partial charge in [-0.1, -0.05) is 24.3 Å². The van der Waals surface area contributed by atoms with Crippen LogP contribution in [-0.2, 0) is 9.59 Å². The number of imide groups is 1. The normalized spacial score (nSPS) is 28.6. The Labute approximate surface area is 176 Å². The monoisotopic (exact) mass is 405 g/mol. The number of anilines is 1.